The fourth-order valence-electron chi connectivity index (χ4n) is 2.13. The Kier molecular flexibility index (Phi) is 5.17. The molecule has 2 rings (SSSR count). The van der Waals surface area contributed by atoms with Crippen LogP contribution in [-0.4, -0.2) is 27.3 Å². The molecule has 7 heteroatoms. The summed E-state index contributed by atoms with van der Waals surface area (Å²) in [4.78, 5) is 35.4. The molecule has 0 spiro atoms. The van der Waals surface area contributed by atoms with Gasteiger partial charge in [0.05, 0.1) is 10.5 Å². The molecule has 0 bridgehead atoms. The highest BCUT2D eigenvalue weighted by atomic mass is 16.6. The fraction of sp³-hybridized carbons (Fsp3) is 0.222. The van der Waals surface area contributed by atoms with E-state index in [0.717, 1.165) is 0 Å². The van der Waals surface area contributed by atoms with Crippen LogP contribution in [0.2, 0.25) is 0 Å². The second-order valence-corrected chi connectivity index (χ2v) is 6.42. The molecular weight excluding hydrogens is 322 g/mol. The van der Waals surface area contributed by atoms with E-state index in [0.29, 0.717) is 5.56 Å². The van der Waals surface area contributed by atoms with Gasteiger partial charge in [-0.05, 0) is 45.0 Å². The molecule has 0 saturated carbocycles. The SMILES string of the molecule is CC(C)(C)N(NC(=O)c1ccccc1)C(=O)c1ccc([N+](=O)[O-])cc1. The van der Waals surface area contributed by atoms with E-state index in [9.17, 15) is 19.7 Å². The highest BCUT2D eigenvalue weighted by Gasteiger charge is 2.29. The van der Waals surface area contributed by atoms with E-state index >= 15 is 0 Å². The molecule has 0 unspecified atom stereocenters. The van der Waals surface area contributed by atoms with Crippen molar-refractivity contribution in [2.75, 3.05) is 0 Å². The van der Waals surface area contributed by atoms with E-state index < -0.39 is 22.3 Å². The van der Waals surface area contributed by atoms with Crippen molar-refractivity contribution in [3.8, 4) is 0 Å². The van der Waals surface area contributed by atoms with Crippen molar-refractivity contribution in [1.82, 2.24) is 10.4 Å². The lowest BCUT2D eigenvalue weighted by Gasteiger charge is -2.35. The predicted octanol–water partition coefficient (Wildman–Crippen LogP) is 3.18. The first-order chi connectivity index (χ1) is 11.7. The fourth-order valence-corrected chi connectivity index (χ4v) is 2.13. The van der Waals surface area contributed by atoms with E-state index in [-0.39, 0.29) is 11.3 Å². The normalized spacial score (nSPS) is 10.8. The first kappa shape index (κ1) is 18.1. The summed E-state index contributed by atoms with van der Waals surface area (Å²) in [5.74, 6) is -0.863. The van der Waals surface area contributed by atoms with Gasteiger partial charge in [-0.3, -0.25) is 25.1 Å². The van der Waals surface area contributed by atoms with Crippen molar-refractivity contribution in [3.05, 3.63) is 75.8 Å². The first-order valence-corrected chi connectivity index (χ1v) is 7.65. The number of carbonyl (C=O) groups excluding carboxylic acids is 2. The number of nitrogens with one attached hydrogen (secondary N) is 1. The summed E-state index contributed by atoms with van der Waals surface area (Å²) in [7, 11) is 0. The Morgan fingerprint density at radius 3 is 2.00 bits per heavy atom. The lowest BCUT2D eigenvalue weighted by atomic mass is 10.1. The summed E-state index contributed by atoms with van der Waals surface area (Å²) in [6.45, 7) is 5.34. The van der Waals surface area contributed by atoms with Crippen LogP contribution in [0.4, 0.5) is 5.69 Å². The Bertz CT molecular complexity index is 780. The van der Waals surface area contributed by atoms with Crippen molar-refractivity contribution in [3.63, 3.8) is 0 Å². The van der Waals surface area contributed by atoms with Crippen molar-refractivity contribution < 1.29 is 14.5 Å². The zero-order chi connectivity index (χ0) is 18.6. The average molecular weight is 341 g/mol. The molecule has 0 aliphatic heterocycles. The molecule has 25 heavy (non-hydrogen) atoms. The number of rotatable bonds is 3. The third-order valence-electron chi connectivity index (χ3n) is 3.45. The molecule has 1 N–H and O–H groups in total. The van der Waals surface area contributed by atoms with Crippen molar-refractivity contribution in [2.45, 2.75) is 26.3 Å². The van der Waals surface area contributed by atoms with Crippen LogP contribution in [0.25, 0.3) is 0 Å². The average Bonchev–Trinajstić information content (AvgIpc) is 2.58. The highest BCUT2D eigenvalue weighted by molar-refractivity contribution is 5.99. The summed E-state index contributed by atoms with van der Waals surface area (Å²) in [6, 6.07) is 13.8. The van der Waals surface area contributed by atoms with Crippen LogP contribution in [0.1, 0.15) is 41.5 Å². The molecule has 2 aromatic rings. The standard InChI is InChI=1S/C18H19N3O4/c1-18(2,3)20(19-16(22)13-7-5-4-6-8-13)17(23)14-9-11-15(12-10-14)21(24)25/h4-12H,1-3H3,(H,19,22). The van der Waals surface area contributed by atoms with E-state index in [1.807, 2.05) is 0 Å². The van der Waals surface area contributed by atoms with Gasteiger partial charge in [0.15, 0.2) is 0 Å². The van der Waals surface area contributed by atoms with E-state index in [1.54, 1.807) is 51.1 Å². The van der Waals surface area contributed by atoms with Gasteiger partial charge < -0.3 is 0 Å². The van der Waals surface area contributed by atoms with Crippen molar-refractivity contribution >= 4 is 17.5 Å². The lowest BCUT2D eigenvalue weighted by molar-refractivity contribution is -0.384. The number of non-ortho nitro benzene ring substituents is 1. The Morgan fingerprint density at radius 1 is 0.960 bits per heavy atom. The molecule has 130 valence electrons. The van der Waals surface area contributed by atoms with Crippen molar-refractivity contribution in [2.24, 2.45) is 0 Å². The van der Waals surface area contributed by atoms with Gasteiger partial charge in [0.1, 0.15) is 0 Å². The van der Waals surface area contributed by atoms with Crippen LogP contribution < -0.4 is 5.43 Å². The Hall–Kier alpha value is -3.22. The minimum absolute atomic E-state index is 0.104. The molecule has 0 fully saturated rings. The maximum atomic E-state index is 12.8. The molecule has 0 heterocycles. The summed E-state index contributed by atoms with van der Waals surface area (Å²) >= 11 is 0. The van der Waals surface area contributed by atoms with Crippen LogP contribution in [-0.2, 0) is 0 Å². The molecular formula is C18H19N3O4. The molecule has 0 aliphatic carbocycles. The van der Waals surface area contributed by atoms with E-state index in [2.05, 4.69) is 5.43 Å². The second kappa shape index (κ2) is 7.12. The van der Waals surface area contributed by atoms with Crippen LogP contribution in [0, 0.1) is 10.1 Å². The third-order valence-corrected chi connectivity index (χ3v) is 3.45. The van der Waals surface area contributed by atoms with Crippen LogP contribution in [0.3, 0.4) is 0 Å². The Balaban J connectivity index is 2.26. The minimum atomic E-state index is -0.691. The summed E-state index contributed by atoms with van der Waals surface area (Å²) in [6.07, 6.45) is 0. The van der Waals surface area contributed by atoms with E-state index in [1.165, 1.54) is 29.3 Å². The zero-order valence-electron chi connectivity index (χ0n) is 14.2. The molecule has 0 atom stereocenters. The quantitative estimate of drug-likeness (QED) is 0.685. The van der Waals surface area contributed by atoms with Crippen LogP contribution in [0.5, 0.6) is 0 Å². The van der Waals surface area contributed by atoms with Crippen molar-refractivity contribution in [1.29, 1.82) is 0 Å². The third kappa shape index (κ3) is 4.41. The molecule has 7 nitrogen and oxygen atoms in total. The molecule has 2 aromatic carbocycles. The van der Waals surface area contributed by atoms with Gasteiger partial charge >= 0.3 is 0 Å². The number of amides is 2. The highest BCUT2D eigenvalue weighted by Crippen LogP contribution is 2.18. The number of hydrogen-bond donors (Lipinski definition) is 1. The minimum Gasteiger partial charge on any atom is -0.267 e. The van der Waals surface area contributed by atoms with Crippen LogP contribution >= 0.6 is 0 Å². The molecule has 2 amide bonds. The number of hydrazine groups is 1. The molecule has 0 saturated heterocycles. The second-order valence-electron chi connectivity index (χ2n) is 6.42. The summed E-state index contributed by atoms with van der Waals surface area (Å²) < 4.78 is 0. The smallest absolute Gasteiger partial charge is 0.267 e. The topological polar surface area (TPSA) is 92.6 Å². The number of nitrogens with zero attached hydrogens (tertiary/aromatic N) is 2. The van der Waals surface area contributed by atoms with Gasteiger partial charge in [0.25, 0.3) is 17.5 Å². The number of benzene rings is 2. The lowest BCUT2D eigenvalue weighted by Crippen LogP contribution is -2.55. The first-order valence-electron chi connectivity index (χ1n) is 7.65. The number of nitro benzene ring substituents is 1. The van der Waals surface area contributed by atoms with Gasteiger partial charge in [-0.15, -0.1) is 0 Å². The van der Waals surface area contributed by atoms with Gasteiger partial charge in [-0.25, -0.2) is 5.01 Å². The zero-order valence-corrected chi connectivity index (χ0v) is 14.2. The molecule has 0 aliphatic rings. The number of nitro groups is 1. The maximum absolute atomic E-state index is 12.8. The predicted molar refractivity (Wildman–Crippen MR) is 92.9 cm³/mol. The molecule has 0 aromatic heterocycles. The maximum Gasteiger partial charge on any atom is 0.272 e. The summed E-state index contributed by atoms with van der Waals surface area (Å²) in [5, 5.41) is 12.0. The van der Waals surface area contributed by atoms with Gasteiger partial charge in [0, 0.05) is 23.3 Å². The van der Waals surface area contributed by atoms with Gasteiger partial charge in [-0.2, -0.15) is 0 Å². The Morgan fingerprint density at radius 2 is 1.52 bits per heavy atom. The van der Waals surface area contributed by atoms with E-state index in [4.69, 9.17) is 0 Å². The number of carbonyl (C=O) groups is 2. The van der Waals surface area contributed by atoms with Gasteiger partial charge in [0.2, 0.25) is 0 Å². The molecule has 0 radical (unpaired) electrons. The summed E-state index contributed by atoms with van der Waals surface area (Å²) in [5.41, 5.74) is 2.49. The van der Waals surface area contributed by atoms with Crippen LogP contribution in [0.15, 0.2) is 54.6 Å². The largest absolute Gasteiger partial charge is 0.272 e. The monoisotopic (exact) mass is 341 g/mol. The number of hydrogen-bond acceptors (Lipinski definition) is 4. The van der Waals surface area contributed by atoms with Gasteiger partial charge in [-0.1, -0.05) is 18.2 Å². The Labute approximate surface area is 145 Å².